The maximum absolute atomic E-state index is 13.4. The molecule has 4 rings (SSSR count). The van der Waals surface area contributed by atoms with E-state index in [1.807, 2.05) is 0 Å². The van der Waals surface area contributed by atoms with Crippen LogP contribution >= 0.6 is 0 Å². The summed E-state index contributed by atoms with van der Waals surface area (Å²) in [6.07, 6.45) is 0.605. The molecule has 0 aromatic heterocycles. The molecule has 1 atom stereocenters. The fourth-order valence-corrected chi connectivity index (χ4v) is 5.48. The number of nitrogens with one attached hydrogen (secondary N) is 1. The molecule has 0 aliphatic carbocycles. The molecule has 1 saturated heterocycles. The van der Waals surface area contributed by atoms with E-state index >= 15 is 0 Å². The average Bonchev–Trinajstić information content (AvgIpc) is 2.99. The Hall–Kier alpha value is -4.62. The van der Waals surface area contributed by atoms with Gasteiger partial charge in [-0.15, -0.1) is 0 Å². The first kappa shape index (κ1) is 31.3. The molecule has 0 amide bonds. The Kier molecular flexibility index (Phi) is 10.2. The van der Waals surface area contributed by atoms with Gasteiger partial charge in [0.05, 0.1) is 40.6 Å². The van der Waals surface area contributed by atoms with Crippen LogP contribution in [0, 0.1) is 20.2 Å². The van der Waals surface area contributed by atoms with E-state index in [-0.39, 0.29) is 29.1 Å². The van der Waals surface area contributed by atoms with E-state index < -0.39 is 27.7 Å². The normalized spacial score (nSPS) is 17.8. The Morgan fingerprint density at radius 2 is 1.49 bits per heavy atom. The van der Waals surface area contributed by atoms with Gasteiger partial charge in [-0.1, -0.05) is 24.3 Å². The van der Waals surface area contributed by atoms with Crippen molar-refractivity contribution < 1.29 is 28.9 Å². The molecule has 1 unspecified atom stereocenters. The van der Waals surface area contributed by atoms with Gasteiger partial charge in [-0.05, 0) is 31.4 Å². The number of carbonyl (C=O) groups excluding carboxylic acids is 2. The number of piperazine rings is 1. The smallest absolute Gasteiger partial charge is 0.336 e. The van der Waals surface area contributed by atoms with Gasteiger partial charge < -0.3 is 19.7 Å². The second kappa shape index (κ2) is 14.0. The van der Waals surface area contributed by atoms with Gasteiger partial charge in [-0.3, -0.25) is 25.1 Å². The highest BCUT2D eigenvalue weighted by Gasteiger charge is 2.38. The van der Waals surface area contributed by atoms with E-state index in [2.05, 4.69) is 15.1 Å². The van der Waals surface area contributed by atoms with Gasteiger partial charge in [0.1, 0.15) is 0 Å². The number of methoxy groups -OCH3 is 1. The first-order valence-corrected chi connectivity index (χ1v) is 14.0. The third-order valence-electron chi connectivity index (χ3n) is 7.67. The van der Waals surface area contributed by atoms with E-state index in [1.54, 1.807) is 32.0 Å². The predicted octanol–water partition coefficient (Wildman–Crippen LogP) is 3.66. The number of benzene rings is 2. The first-order chi connectivity index (χ1) is 20.6. The van der Waals surface area contributed by atoms with Crippen LogP contribution in [0.4, 0.5) is 11.4 Å². The molecule has 0 saturated carbocycles. The largest absolute Gasteiger partial charge is 0.466 e. The summed E-state index contributed by atoms with van der Waals surface area (Å²) in [6, 6.07) is 12.5. The summed E-state index contributed by atoms with van der Waals surface area (Å²) < 4.78 is 10.7. The first-order valence-electron chi connectivity index (χ1n) is 14.0. The van der Waals surface area contributed by atoms with E-state index in [0.717, 1.165) is 44.8 Å². The lowest BCUT2D eigenvalue weighted by Gasteiger charge is -2.34. The molecule has 0 spiro atoms. The molecule has 13 heteroatoms. The molecule has 0 bridgehead atoms. The van der Waals surface area contributed by atoms with Crippen molar-refractivity contribution in [3.8, 4) is 0 Å². The fourth-order valence-electron chi connectivity index (χ4n) is 5.48. The van der Waals surface area contributed by atoms with Crippen molar-refractivity contribution in [2.75, 3.05) is 46.4 Å². The number of nitro groups is 2. The number of dihydropyridines is 1. The second-order valence-corrected chi connectivity index (χ2v) is 10.5. The number of rotatable bonds is 11. The SMILES string of the molecule is COC(=O)C1=C(C)NC(C)=C(C(=O)OCCCN2CCN(Cc3ccc([N+](=O)[O-])cc3)CC2)C1c1cccc([N+](=O)[O-])c1. The average molecular weight is 594 g/mol. The number of hydrogen-bond donors (Lipinski definition) is 1. The maximum Gasteiger partial charge on any atom is 0.336 e. The van der Waals surface area contributed by atoms with E-state index in [4.69, 9.17) is 9.47 Å². The lowest BCUT2D eigenvalue weighted by atomic mass is 9.80. The quantitative estimate of drug-likeness (QED) is 0.175. The Morgan fingerprint density at radius 3 is 2.09 bits per heavy atom. The number of non-ortho nitro benzene ring substituents is 2. The molecule has 2 aromatic rings. The minimum Gasteiger partial charge on any atom is -0.466 e. The molecule has 2 aromatic carbocycles. The molecule has 0 radical (unpaired) electrons. The van der Waals surface area contributed by atoms with Crippen molar-refractivity contribution in [2.45, 2.75) is 32.7 Å². The number of carbonyl (C=O) groups is 2. The number of esters is 2. The summed E-state index contributed by atoms with van der Waals surface area (Å²) >= 11 is 0. The molecule has 2 aliphatic rings. The van der Waals surface area contributed by atoms with E-state index in [0.29, 0.717) is 23.4 Å². The highest BCUT2D eigenvalue weighted by atomic mass is 16.6. The van der Waals surface area contributed by atoms with Crippen LogP contribution in [0.2, 0.25) is 0 Å². The van der Waals surface area contributed by atoms with E-state index in [1.165, 1.54) is 37.4 Å². The van der Waals surface area contributed by atoms with Crippen LogP contribution in [0.25, 0.3) is 0 Å². The van der Waals surface area contributed by atoms with Crippen molar-refractivity contribution in [2.24, 2.45) is 0 Å². The molecule has 2 aliphatic heterocycles. The van der Waals surface area contributed by atoms with Crippen LogP contribution in [0.5, 0.6) is 0 Å². The highest BCUT2D eigenvalue weighted by Crippen LogP contribution is 2.40. The van der Waals surface area contributed by atoms with Crippen LogP contribution < -0.4 is 5.32 Å². The molecule has 1 fully saturated rings. The van der Waals surface area contributed by atoms with Gasteiger partial charge in [-0.25, -0.2) is 9.59 Å². The summed E-state index contributed by atoms with van der Waals surface area (Å²) in [6.45, 7) is 8.39. The van der Waals surface area contributed by atoms with Crippen LogP contribution in [0.15, 0.2) is 71.1 Å². The number of allylic oxidation sites excluding steroid dienone is 2. The number of nitrogens with zero attached hydrogens (tertiary/aromatic N) is 4. The summed E-state index contributed by atoms with van der Waals surface area (Å²) in [5, 5.41) is 25.4. The van der Waals surface area contributed by atoms with Crippen molar-refractivity contribution in [3.63, 3.8) is 0 Å². The summed E-state index contributed by atoms with van der Waals surface area (Å²) in [5.41, 5.74) is 2.73. The van der Waals surface area contributed by atoms with Gasteiger partial charge >= 0.3 is 11.9 Å². The molecule has 228 valence electrons. The van der Waals surface area contributed by atoms with Crippen LogP contribution in [0.3, 0.4) is 0 Å². The topological polar surface area (TPSA) is 157 Å². The second-order valence-electron chi connectivity index (χ2n) is 10.5. The third kappa shape index (κ3) is 7.62. The van der Waals surface area contributed by atoms with Gasteiger partial charge in [0.15, 0.2) is 0 Å². The minimum atomic E-state index is -0.898. The number of ether oxygens (including phenoxy) is 2. The lowest BCUT2D eigenvalue weighted by molar-refractivity contribution is -0.385. The Balaban J connectivity index is 1.33. The van der Waals surface area contributed by atoms with Crippen molar-refractivity contribution in [1.29, 1.82) is 0 Å². The summed E-state index contributed by atoms with van der Waals surface area (Å²) in [4.78, 5) is 52.2. The fraction of sp³-hybridized carbons (Fsp3) is 0.400. The molecular formula is C30H35N5O8. The van der Waals surface area contributed by atoms with Gasteiger partial charge in [-0.2, -0.15) is 0 Å². The zero-order valence-electron chi connectivity index (χ0n) is 24.4. The molecule has 1 N–H and O–H groups in total. The maximum atomic E-state index is 13.4. The number of hydrogen-bond acceptors (Lipinski definition) is 11. The molecular weight excluding hydrogens is 558 g/mol. The Bertz CT molecular complexity index is 1440. The van der Waals surface area contributed by atoms with Crippen LogP contribution in [0.1, 0.15) is 37.3 Å². The predicted molar refractivity (Wildman–Crippen MR) is 157 cm³/mol. The third-order valence-corrected chi connectivity index (χ3v) is 7.67. The number of nitro benzene ring substituents is 2. The molecule has 13 nitrogen and oxygen atoms in total. The standard InChI is InChI=1S/C30H35N5O8/c1-20-26(29(36)42-3)28(23-6-4-7-25(18-23)35(40)41)27(21(2)31-20)30(37)43-17-5-12-32-13-15-33(16-14-32)19-22-8-10-24(11-9-22)34(38)39/h4,6-11,18,28,31H,5,12-17,19H2,1-3H3. The van der Waals surface area contributed by atoms with Crippen molar-refractivity contribution >= 4 is 23.3 Å². The van der Waals surface area contributed by atoms with Gasteiger partial charge in [0, 0.05) is 74.9 Å². The minimum absolute atomic E-state index is 0.0792. The Labute approximate surface area is 249 Å². The van der Waals surface area contributed by atoms with Crippen LogP contribution in [-0.2, 0) is 25.6 Å². The Morgan fingerprint density at radius 1 is 0.884 bits per heavy atom. The van der Waals surface area contributed by atoms with Crippen molar-refractivity contribution in [1.82, 2.24) is 15.1 Å². The molecule has 43 heavy (non-hydrogen) atoms. The van der Waals surface area contributed by atoms with Gasteiger partial charge in [0.2, 0.25) is 0 Å². The zero-order valence-corrected chi connectivity index (χ0v) is 24.4. The van der Waals surface area contributed by atoms with E-state index in [9.17, 15) is 29.8 Å². The van der Waals surface area contributed by atoms with Crippen LogP contribution in [-0.4, -0.2) is 78.0 Å². The summed E-state index contributed by atoms with van der Waals surface area (Å²) in [5.74, 6) is -2.15. The monoisotopic (exact) mass is 593 g/mol. The van der Waals surface area contributed by atoms with Crippen molar-refractivity contribution in [3.05, 3.63) is 102 Å². The summed E-state index contributed by atoms with van der Waals surface area (Å²) in [7, 11) is 1.24. The zero-order chi connectivity index (χ0) is 31.1. The van der Waals surface area contributed by atoms with Gasteiger partial charge in [0.25, 0.3) is 11.4 Å². The lowest BCUT2D eigenvalue weighted by Crippen LogP contribution is -2.46. The highest BCUT2D eigenvalue weighted by molar-refractivity contribution is 5.99. The molecule has 2 heterocycles.